The average Bonchev–Trinajstić information content (AvgIpc) is 3.02. The van der Waals surface area contributed by atoms with E-state index in [-0.39, 0.29) is 11.9 Å². The first-order valence-corrected chi connectivity index (χ1v) is 9.45. The summed E-state index contributed by atoms with van der Waals surface area (Å²) in [6, 6.07) is 16.4. The lowest BCUT2D eigenvalue weighted by Gasteiger charge is -2.10. The molecule has 0 aliphatic rings. The summed E-state index contributed by atoms with van der Waals surface area (Å²) in [4.78, 5) is 24.4. The first-order valence-electron chi connectivity index (χ1n) is 9.45. The highest BCUT2D eigenvalue weighted by atomic mass is 16.3. The molecule has 1 aromatic heterocycles. The number of urea groups is 1. The van der Waals surface area contributed by atoms with Crippen LogP contribution < -0.4 is 16.0 Å². The topological polar surface area (TPSA) is 83.4 Å². The Morgan fingerprint density at radius 3 is 2.31 bits per heavy atom. The van der Waals surface area contributed by atoms with Crippen LogP contribution in [0.25, 0.3) is 0 Å². The zero-order valence-electron chi connectivity index (χ0n) is 16.8. The van der Waals surface area contributed by atoms with Crippen LogP contribution in [-0.4, -0.2) is 11.9 Å². The minimum atomic E-state index is -0.266. The van der Waals surface area contributed by atoms with Gasteiger partial charge in [-0.2, -0.15) is 0 Å². The number of hydrogen-bond donors (Lipinski definition) is 3. The molecule has 0 atom stereocenters. The summed E-state index contributed by atoms with van der Waals surface area (Å²) in [6.07, 6.45) is 0. The third-order valence-electron chi connectivity index (χ3n) is 4.53. The van der Waals surface area contributed by atoms with E-state index in [0.717, 1.165) is 28.2 Å². The largest absolute Gasteiger partial charge is 0.466 e. The molecule has 6 nitrogen and oxygen atoms in total. The van der Waals surface area contributed by atoms with Gasteiger partial charge in [0.1, 0.15) is 11.5 Å². The SMILES string of the molecule is Cc1ccc(C(=O)Nc2cccc(CNC(=O)NCc3cc(C)oc3C)c2)cc1. The summed E-state index contributed by atoms with van der Waals surface area (Å²) < 4.78 is 5.45. The van der Waals surface area contributed by atoms with Crippen LogP contribution in [0.2, 0.25) is 0 Å². The minimum Gasteiger partial charge on any atom is -0.466 e. The van der Waals surface area contributed by atoms with Crippen LogP contribution in [0.5, 0.6) is 0 Å². The van der Waals surface area contributed by atoms with Gasteiger partial charge in [0, 0.05) is 29.9 Å². The van der Waals surface area contributed by atoms with Crippen molar-refractivity contribution in [3.63, 3.8) is 0 Å². The predicted octanol–water partition coefficient (Wildman–Crippen LogP) is 4.46. The van der Waals surface area contributed by atoms with Crippen LogP contribution in [0, 0.1) is 20.8 Å². The molecule has 0 radical (unpaired) electrons. The molecule has 0 spiro atoms. The summed E-state index contributed by atoms with van der Waals surface area (Å²) in [6.45, 7) is 6.48. The van der Waals surface area contributed by atoms with E-state index in [2.05, 4.69) is 16.0 Å². The number of carbonyl (C=O) groups excluding carboxylic acids is 2. The molecule has 29 heavy (non-hydrogen) atoms. The Morgan fingerprint density at radius 1 is 0.897 bits per heavy atom. The Kier molecular flexibility index (Phi) is 6.34. The van der Waals surface area contributed by atoms with Gasteiger partial charge in [0.2, 0.25) is 0 Å². The highest BCUT2D eigenvalue weighted by molar-refractivity contribution is 6.04. The number of amides is 3. The minimum absolute atomic E-state index is 0.168. The normalized spacial score (nSPS) is 10.4. The molecule has 0 fully saturated rings. The Balaban J connectivity index is 1.51. The molecule has 6 heteroatoms. The monoisotopic (exact) mass is 391 g/mol. The zero-order valence-corrected chi connectivity index (χ0v) is 16.8. The molecule has 0 saturated heterocycles. The number of hydrogen-bond acceptors (Lipinski definition) is 3. The fourth-order valence-electron chi connectivity index (χ4n) is 2.95. The number of benzene rings is 2. The van der Waals surface area contributed by atoms with Gasteiger partial charge in [0.15, 0.2) is 0 Å². The zero-order chi connectivity index (χ0) is 20.8. The summed E-state index contributed by atoms with van der Waals surface area (Å²) >= 11 is 0. The van der Waals surface area contributed by atoms with Crippen molar-refractivity contribution >= 4 is 17.6 Å². The van der Waals surface area contributed by atoms with E-state index in [0.29, 0.717) is 24.3 Å². The van der Waals surface area contributed by atoms with Crippen molar-refractivity contribution in [3.05, 3.63) is 88.4 Å². The highest BCUT2D eigenvalue weighted by Crippen LogP contribution is 2.14. The summed E-state index contributed by atoms with van der Waals surface area (Å²) in [5.74, 6) is 1.46. The third-order valence-corrected chi connectivity index (χ3v) is 4.53. The van der Waals surface area contributed by atoms with Crippen molar-refractivity contribution in [3.8, 4) is 0 Å². The van der Waals surface area contributed by atoms with Gasteiger partial charge >= 0.3 is 6.03 Å². The maximum Gasteiger partial charge on any atom is 0.315 e. The molecule has 3 N–H and O–H groups in total. The van der Waals surface area contributed by atoms with Gasteiger partial charge in [0.25, 0.3) is 5.91 Å². The van der Waals surface area contributed by atoms with E-state index in [4.69, 9.17) is 4.42 Å². The lowest BCUT2D eigenvalue weighted by atomic mass is 10.1. The van der Waals surface area contributed by atoms with Crippen molar-refractivity contribution < 1.29 is 14.0 Å². The molecule has 0 aliphatic carbocycles. The van der Waals surface area contributed by atoms with E-state index in [1.807, 2.05) is 63.2 Å². The second-order valence-corrected chi connectivity index (χ2v) is 7.00. The van der Waals surface area contributed by atoms with E-state index in [1.165, 1.54) is 0 Å². The summed E-state index contributed by atoms with van der Waals surface area (Å²) in [7, 11) is 0. The van der Waals surface area contributed by atoms with Crippen LogP contribution >= 0.6 is 0 Å². The van der Waals surface area contributed by atoms with Crippen molar-refractivity contribution in [2.75, 3.05) is 5.32 Å². The fourth-order valence-corrected chi connectivity index (χ4v) is 2.95. The molecule has 2 aromatic carbocycles. The van der Waals surface area contributed by atoms with Gasteiger partial charge in [-0.05, 0) is 56.7 Å². The molecule has 3 rings (SSSR count). The van der Waals surface area contributed by atoms with Crippen molar-refractivity contribution in [2.45, 2.75) is 33.9 Å². The van der Waals surface area contributed by atoms with Crippen molar-refractivity contribution in [1.29, 1.82) is 0 Å². The van der Waals surface area contributed by atoms with Crippen LogP contribution in [0.1, 0.15) is 38.6 Å². The van der Waals surface area contributed by atoms with Crippen LogP contribution in [0.3, 0.4) is 0 Å². The van der Waals surface area contributed by atoms with Gasteiger partial charge < -0.3 is 20.4 Å². The maximum atomic E-state index is 12.4. The molecule has 0 aliphatic heterocycles. The standard InChI is InChI=1S/C23H25N3O3/c1-15-7-9-19(10-8-15)22(27)26-21-6-4-5-18(12-21)13-24-23(28)25-14-20-11-16(2)29-17(20)3/h4-12H,13-14H2,1-3H3,(H,26,27)(H2,24,25,28). The first kappa shape index (κ1) is 20.2. The number of anilines is 1. The van der Waals surface area contributed by atoms with Gasteiger partial charge in [-0.15, -0.1) is 0 Å². The van der Waals surface area contributed by atoms with Gasteiger partial charge in [-0.25, -0.2) is 4.79 Å². The predicted molar refractivity (Wildman–Crippen MR) is 113 cm³/mol. The quantitative estimate of drug-likeness (QED) is 0.580. The van der Waals surface area contributed by atoms with Crippen molar-refractivity contribution in [2.24, 2.45) is 0 Å². The fraction of sp³-hybridized carbons (Fsp3) is 0.217. The van der Waals surface area contributed by atoms with E-state index in [9.17, 15) is 9.59 Å². The van der Waals surface area contributed by atoms with Gasteiger partial charge in [-0.1, -0.05) is 29.8 Å². The number of aryl methyl sites for hydroxylation is 3. The Hall–Kier alpha value is -3.54. The second-order valence-electron chi connectivity index (χ2n) is 7.00. The molecule has 150 valence electrons. The lowest BCUT2D eigenvalue weighted by Crippen LogP contribution is -2.34. The van der Waals surface area contributed by atoms with Crippen LogP contribution in [-0.2, 0) is 13.1 Å². The number of rotatable bonds is 6. The molecule has 0 saturated carbocycles. The highest BCUT2D eigenvalue weighted by Gasteiger charge is 2.08. The van der Waals surface area contributed by atoms with Gasteiger partial charge in [-0.3, -0.25) is 4.79 Å². The average molecular weight is 391 g/mol. The molecule has 0 bridgehead atoms. The molecule has 3 aromatic rings. The molecule has 1 heterocycles. The Morgan fingerprint density at radius 2 is 1.62 bits per heavy atom. The van der Waals surface area contributed by atoms with E-state index >= 15 is 0 Å². The Bertz CT molecular complexity index is 1010. The molecular formula is C23H25N3O3. The molecule has 0 unspecified atom stereocenters. The van der Waals surface area contributed by atoms with E-state index in [1.54, 1.807) is 12.1 Å². The third kappa shape index (κ3) is 5.72. The maximum absolute atomic E-state index is 12.4. The smallest absolute Gasteiger partial charge is 0.315 e. The summed E-state index contributed by atoms with van der Waals surface area (Å²) in [5, 5.41) is 8.52. The Labute approximate surface area is 170 Å². The number of carbonyl (C=O) groups is 2. The molecular weight excluding hydrogens is 366 g/mol. The molecule has 3 amide bonds. The van der Waals surface area contributed by atoms with E-state index < -0.39 is 0 Å². The first-order chi connectivity index (χ1) is 13.9. The van der Waals surface area contributed by atoms with Crippen LogP contribution in [0.4, 0.5) is 10.5 Å². The van der Waals surface area contributed by atoms with Crippen molar-refractivity contribution in [1.82, 2.24) is 10.6 Å². The van der Waals surface area contributed by atoms with Gasteiger partial charge in [0.05, 0.1) is 0 Å². The second kappa shape index (κ2) is 9.10. The lowest BCUT2D eigenvalue weighted by molar-refractivity contribution is 0.102. The summed E-state index contributed by atoms with van der Waals surface area (Å²) in [5.41, 5.74) is 4.23. The number of nitrogens with one attached hydrogen (secondary N) is 3. The van der Waals surface area contributed by atoms with Crippen LogP contribution in [0.15, 0.2) is 59.0 Å². The number of furan rings is 1.